The molecule has 0 radical (unpaired) electrons. The number of carboxylic acids is 1. The average molecular weight is 309 g/mol. The lowest BCUT2D eigenvalue weighted by Crippen LogP contribution is -2.03. The van der Waals surface area contributed by atoms with Gasteiger partial charge >= 0.3 is 5.97 Å². The fourth-order valence-corrected chi connectivity index (χ4v) is 1.51. The van der Waals surface area contributed by atoms with Gasteiger partial charge in [-0.3, -0.25) is 0 Å². The van der Waals surface area contributed by atoms with E-state index in [2.05, 4.69) is 26.1 Å². The highest BCUT2D eigenvalue weighted by molar-refractivity contribution is 9.10. The predicted octanol–water partition coefficient (Wildman–Crippen LogP) is 2.52. The zero-order valence-electron chi connectivity index (χ0n) is 9.21. The first kappa shape index (κ1) is 12.5. The molecule has 2 rings (SSSR count). The van der Waals surface area contributed by atoms with Crippen LogP contribution in [0.3, 0.4) is 0 Å². The summed E-state index contributed by atoms with van der Waals surface area (Å²) in [6.45, 7) is 0.356. The molecule has 0 aliphatic rings. The van der Waals surface area contributed by atoms with Gasteiger partial charge in [0, 0.05) is 10.5 Å². The van der Waals surface area contributed by atoms with E-state index in [-0.39, 0.29) is 5.69 Å². The second kappa shape index (κ2) is 5.59. The molecule has 1 N–H and O–H groups in total. The number of rotatable bonds is 4. The fraction of sp³-hybridized carbons (Fsp3) is 0.0833. The van der Waals surface area contributed by atoms with Crippen LogP contribution in [0.15, 0.2) is 40.9 Å². The normalized spacial score (nSPS) is 10.1. The van der Waals surface area contributed by atoms with Gasteiger partial charge in [0.1, 0.15) is 6.61 Å². The highest BCUT2D eigenvalue weighted by Gasteiger charge is 2.05. The van der Waals surface area contributed by atoms with E-state index in [9.17, 15) is 4.79 Å². The molecule has 0 bridgehead atoms. The molecule has 18 heavy (non-hydrogen) atoms. The van der Waals surface area contributed by atoms with Gasteiger partial charge in [-0.25, -0.2) is 4.79 Å². The first-order valence-electron chi connectivity index (χ1n) is 5.09. The Morgan fingerprint density at radius 3 is 2.44 bits per heavy atom. The smallest absolute Gasteiger partial charge is 0.356 e. The molecule has 0 saturated carbocycles. The van der Waals surface area contributed by atoms with Crippen LogP contribution in [0.5, 0.6) is 5.88 Å². The van der Waals surface area contributed by atoms with Crippen LogP contribution < -0.4 is 4.74 Å². The first-order chi connectivity index (χ1) is 8.65. The Hall–Kier alpha value is -1.95. The lowest BCUT2D eigenvalue weighted by atomic mass is 10.2. The Balaban J connectivity index is 1.97. The molecule has 92 valence electrons. The lowest BCUT2D eigenvalue weighted by molar-refractivity contribution is 0.0689. The lowest BCUT2D eigenvalue weighted by Gasteiger charge is -2.04. The van der Waals surface area contributed by atoms with Gasteiger partial charge in [-0.15, -0.1) is 10.2 Å². The minimum atomic E-state index is -1.11. The zero-order valence-corrected chi connectivity index (χ0v) is 10.8. The Bertz CT molecular complexity index is 540. The van der Waals surface area contributed by atoms with Gasteiger partial charge in [-0.1, -0.05) is 28.1 Å². The van der Waals surface area contributed by atoms with Crippen LogP contribution in [0.4, 0.5) is 0 Å². The van der Waals surface area contributed by atoms with E-state index >= 15 is 0 Å². The van der Waals surface area contributed by atoms with Gasteiger partial charge in [0.15, 0.2) is 5.69 Å². The van der Waals surface area contributed by atoms with Crippen molar-refractivity contribution in [2.75, 3.05) is 0 Å². The molecule has 0 saturated heterocycles. The predicted molar refractivity (Wildman–Crippen MR) is 67.5 cm³/mol. The number of nitrogens with zero attached hydrogens (tertiary/aromatic N) is 2. The van der Waals surface area contributed by atoms with E-state index in [0.717, 1.165) is 10.0 Å². The largest absolute Gasteiger partial charge is 0.476 e. The van der Waals surface area contributed by atoms with Crippen LogP contribution >= 0.6 is 15.9 Å². The van der Waals surface area contributed by atoms with Gasteiger partial charge in [-0.2, -0.15) is 0 Å². The number of benzene rings is 1. The number of hydrogen-bond donors (Lipinski definition) is 1. The molecule has 6 heteroatoms. The van der Waals surface area contributed by atoms with Crippen molar-refractivity contribution in [3.05, 3.63) is 52.1 Å². The standard InChI is InChI=1S/C12H9BrN2O3/c13-9-3-1-8(2-4-9)7-18-11-6-5-10(12(16)17)14-15-11/h1-6H,7H2,(H,16,17). The Morgan fingerprint density at radius 2 is 1.89 bits per heavy atom. The summed E-state index contributed by atoms with van der Waals surface area (Å²) in [6, 6.07) is 10.5. The molecule has 2 aromatic rings. The molecule has 1 heterocycles. The Kier molecular flexibility index (Phi) is 3.88. The van der Waals surface area contributed by atoms with Gasteiger partial charge in [0.2, 0.25) is 5.88 Å². The number of carbonyl (C=O) groups is 1. The van der Waals surface area contributed by atoms with Crippen LogP contribution in [0.2, 0.25) is 0 Å². The SMILES string of the molecule is O=C(O)c1ccc(OCc2ccc(Br)cc2)nn1. The minimum absolute atomic E-state index is 0.106. The molecular formula is C12H9BrN2O3. The van der Waals surface area contributed by atoms with E-state index < -0.39 is 5.97 Å². The van der Waals surface area contributed by atoms with E-state index in [0.29, 0.717) is 12.5 Å². The molecule has 0 aliphatic heterocycles. The number of carboxylic acid groups (broad SMARTS) is 1. The Labute approximate surface area is 112 Å². The summed E-state index contributed by atoms with van der Waals surface area (Å²) in [5.41, 5.74) is 0.883. The third-order valence-corrected chi connectivity index (χ3v) is 2.69. The third-order valence-electron chi connectivity index (χ3n) is 2.16. The summed E-state index contributed by atoms with van der Waals surface area (Å²) < 4.78 is 6.38. The highest BCUT2D eigenvalue weighted by atomic mass is 79.9. The van der Waals surface area contributed by atoms with Crippen molar-refractivity contribution < 1.29 is 14.6 Å². The fourth-order valence-electron chi connectivity index (χ4n) is 1.25. The van der Waals surface area contributed by atoms with Crippen molar-refractivity contribution in [2.24, 2.45) is 0 Å². The van der Waals surface area contributed by atoms with Crippen LogP contribution in [0, 0.1) is 0 Å². The van der Waals surface area contributed by atoms with Crippen LogP contribution in [0.1, 0.15) is 16.1 Å². The summed E-state index contributed by atoms with van der Waals surface area (Å²) in [4.78, 5) is 10.6. The monoisotopic (exact) mass is 308 g/mol. The molecule has 0 fully saturated rings. The molecule has 5 nitrogen and oxygen atoms in total. The van der Waals surface area contributed by atoms with E-state index in [1.807, 2.05) is 24.3 Å². The maximum absolute atomic E-state index is 10.6. The van der Waals surface area contributed by atoms with Crippen LogP contribution in [-0.2, 0) is 6.61 Å². The van der Waals surface area contributed by atoms with E-state index in [1.165, 1.54) is 12.1 Å². The summed E-state index contributed by atoms with van der Waals surface area (Å²) in [5.74, 6) is -0.815. The number of aromatic carboxylic acids is 1. The minimum Gasteiger partial charge on any atom is -0.476 e. The van der Waals surface area contributed by atoms with Gasteiger partial charge < -0.3 is 9.84 Å². The maximum Gasteiger partial charge on any atom is 0.356 e. The van der Waals surface area contributed by atoms with Crippen molar-refractivity contribution in [1.29, 1.82) is 0 Å². The molecule has 0 spiro atoms. The molecule has 0 atom stereocenters. The van der Waals surface area contributed by atoms with Crippen molar-refractivity contribution in [3.8, 4) is 5.88 Å². The highest BCUT2D eigenvalue weighted by Crippen LogP contribution is 2.13. The molecule has 0 amide bonds. The summed E-state index contributed by atoms with van der Waals surface area (Å²) in [6.07, 6.45) is 0. The van der Waals surface area contributed by atoms with E-state index in [1.54, 1.807) is 0 Å². The topological polar surface area (TPSA) is 72.3 Å². The second-order valence-corrected chi connectivity index (χ2v) is 4.39. The number of aromatic nitrogens is 2. The number of ether oxygens (including phenoxy) is 1. The second-order valence-electron chi connectivity index (χ2n) is 3.48. The van der Waals surface area contributed by atoms with Crippen molar-refractivity contribution in [1.82, 2.24) is 10.2 Å². The molecule has 1 aromatic carbocycles. The molecule has 0 aliphatic carbocycles. The maximum atomic E-state index is 10.6. The van der Waals surface area contributed by atoms with E-state index in [4.69, 9.17) is 9.84 Å². The third kappa shape index (κ3) is 3.27. The molecule has 0 unspecified atom stereocenters. The quantitative estimate of drug-likeness (QED) is 0.939. The number of hydrogen-bond acceptors (Lipinski definition) is 4. The molecule has 1 aromatic heterocycles. The summed E-state index contributed by atoms with van der Waals surface area (Å²) in [7, 11) is 0. The average Bonchev–Trinajstić information content (AvgIpc) is 2.38. The number of halogens is 1. The zero-order chi connectivity index (χ0) is 13.0. The Morgan fingerprint density at radius 1 is 1.17 bits per heavy atom. The summed E-state index contributed by atoms with van der Waals surface area (Å²) in [5, 5.41) is 15.9. The van der Waals surface area contributed by atoms with Crippen molar-refractivity contribution >= 4 is 21.9 Å². The van der Waals surface area contributed by atoms with Gasteiger partial charge in [0.05, 0.1) is 0 Å². The van der Waals surface area contributed by atoms with Gasteiger partial charge in [0.25, 0.3) is 0 Å². The van der Waals surface area contributed by atoms with Crippen molar-refractivity contribution in [3.63, 3.8) is 0 Å². The van der Waals surface area contributed by atoms with Gasteiger partial charge in [-0.05, 0) is 23.8 Å². The summed E-state index contributed by atoms with van der Waals surface area (Å²) >= 11 is 3.34. The molecular weight excluding hydrogens is 300 g/mol. The van der Waals surface area contributed by atoms with Crippen molar-refractivity contribution in [2.45, 2.75) is 6.61 Å². The van der Waals surface area contributed by atoms with Crippen LogP contribution in [0.25, 0.3) is 0 Å². The first-order valence-corrected chi connectivity index (χ1v) is 5.89. The van der Waals surface area contributed by atoms with Crippen LogP contribution in [-0.4, -0.2) is 21.3 Å².